The number of rotatable bonds is 4. The first-order valence-electron chi connectivity index (χ1n) is 12.4. The van der Waals surface area contributed by atoms with Gasteiger partial charge in [0.05, 0.1) is 11.8 Å². The standard InChI is InChI=1S/C29H31N7O/c1-21-16-24(8-10-26(21)29(2,3)35-14-12-34(4)13-15-35)33-28(37)23-17-22(18-30-19-23)7-9-25-20-31-27-6-5-11-32-36(25)27/h5-6,8,10-11,16-20H,12-15H2,1-4H3,(H,33,37). The van der Waals surface area contributed by atoms with Crippen LogP contribution in [-0.4, -0.2) is 68.5 Å². The molecule has 37 heavy (non-hydrogen) atoms. The normalized spacial score (nSPS) is 14.8. The van der Waals surface area contributed by atoms with E-state index in [0.717, 1.165) is 43.1 Å². The monoisotopic (exact) mass is 493 g/mol. The van der Waals surface area contributed by atoms with E-state index >= 15 is 0 Å². The van der Waals surface area contributed by atoms with Gasteiger partial charge in [-0.25, -0.2) is 9.50 Å². The van der Waals surface area contributed by atoms with Gasteiger partial charge in [0.1, 0.15) is 5.69 Å². The molecule has 0 atom stereocenters. The van der Waals surface area contributed by atoms with Crippen molar-refractivity contribution in [3.8, 4) is 11.8 Å². The second-order valence-electron chi connectivity index (χ2n) is 9.98. The fraction of sp³-hybridized carbons (Fsp3) is 0.310. The van der Waals surface area contributed by atoms with Crippen molar-refractivity contribution in [1.82, 2.24) is 29.4 Å². The molecule has 1 aromatic carbocycles. The molecule has 5 rings (SSSR count). The van der Waals surface area contributed by atoms with Crippen molar-refractivity contribution < 1.29 is 4.79 Å². The van der Waals surface area contributed by atoms with Gasteiger partial charge < -0.3 is 10.2 Å². The van der Waals surface area contributed by atoms with Crippen LogP contribution in [0.25, 0.3) is 5.65 Å². The number of piperazine rings is 1. The van der Waals surface area contributed by atoms with Crippen molar-refractivity contribution in [2.24, 2.45) is 0 Å². The van der Waals surface area contributed by atoms with E-state index in [1.54, 1.807) is 35.4 Å². The maximum absolute atomic E-state index is 13.0. The van der Waals surface area contributed by atoms with E-state index in [4.69, 9.17) is 0 Å². The summed E-state index contributed by atoms with van der Waals surface area (Å²) in [7, 11) is 2.17. The minimum atomic E-state index is -0.224. The summed E-state index contributed by atoms with van der Waals surface area (Å²) in [6.07, 6.45) is 6.55. The second-order valence-corrected chi connectivity index (χ2v) is 9.98. The molecule has 8 heteroatoms. The molecule has 1 fully saturated rings. The number of hydrogen-bond acceptors (Lipinski definition) is 6. The van der Waals surface area contributed by atoms with Crippen LogP contribution in [-0.2, 0) is 5.54 Å². The number of likely N-dealkylation sites (N-methyl/N-ethyl adjacent to an activating group) is 1. The summed E-state index contributed by atoms with van der Waals surface area (Å²) >= 11 is 0. The molecule has 188 valence electrons. The van der Waals surface area contributed by atoms with Crippen LogP contribution in [0, 0.1) is 18.8 Å². The van der Waals surface area contributed by atoms with E-state index in [-0.39, 0.29) is 11.4 Å². The number of fused-ring (bicyclic) bond motifs is 1. The summed E-state index contributed by atoms with van der Waals surface area (Å²) in [6, 6.07) is 11.6. The van der Waals surface area contributed by atoms with Gasteiger partial charge in [0.2, 0.25) is 0 Å². The third-order valence-corrected chi connectivity index (χ3v) is 7.05. The molecular formula is C29H31N7O. The molecule has 3 aromatic heterocycles. The molecule has 0 radical (unpaired) electrons. The molecule has 0 unspecified atom stereocenters. The van der Waals surface area contributed by atoms with E-state index in [0.29, 0.717) is 16.8 Å². The Bertz CT molecular complexity index is 1500. The van der Waals surface area contributed by atoms with Crippen LogP contribution in [0.3, 0.4) is 0 Å². The molecule has 0 bridgehead atoms. The number of carbonyl (C=O) groups excluding carboxylic acids is 1. The Morgan fingerprint density at radius 2 is 1.84 bits per heavy atom. The van der Waals surface area contributed by atoms with E-state index in [1.165, 1.54) is 5.56 Å². The number of anilines is 1. The van der Waals surface area contributed by atoms with E-state index in [2.05, 4.69) is 75.9 Å². The average Bonchev–Trinajstić information content (AvgIpc) is 3.31. The summed E-state index contributed by atoms with van der Waals surface area (Å²) in [5.41, 5.74) is 5.58. The van der Waals surface area contributed by atoms with Crippen LogP contribution in [0.4, 0.5) is 5.69 Å². The molecule has 1 aliphatic rings. The van der Waals surface area contributed by atoms with Gasteiger partial charge in [-0.3, -0.25) is 14.7 Å². The molecule has 1 aliphatic heterocycles. The van der Waals surface area contributed by atoms with E-state index in [1.807, 2.05) is 24.3 Å². The summed E-state index contributed by atoms with van der Waals surface area (Å²) in [4.78, 5) is 26.4. The number of benzene rings is 1. The Balaban J connectivity index is 1.30. The molecule has 0 spiro atoms. The van der Waals surface area contributed by atoms with Gasteiger partial charge >= 0.3 is 0 Å². The lowest BCUT2D eigenvalue weighted by Gasteiger charge is -2.44. The minimum Gasteiger partial charge on any atom is -0.322 e. The van der Waals surface area contributed by atoms with Crippen LogP contribution < -0.4 is 5.32 Å². The van der Waals surface area contributed by atoms with Crippen molar-refractivity contribution in [2.45, 2.75) is 26.3 Å². The lowest BCUT2D eigenvalue weighted by atomic mass is 9.88. The number of hydrogen-bond donors (Lipinski definition) is 1. The van der Waals surface area contributed by atoms with Crippen LogP contribution in [0.5, 0.6) is 0 Å². The van der Waals surface area contributed by atoms with Gasteiger partial charge in [-0.1, -0.05) is 12.0 Å². The van der Waals surface area contributed by atoms with Crippen LogP contribution in [0.1, 0.15) is 46.6 Å². The Kier molecular flexibility index (Phi) is 6.74. The zero-order valence-electron chi connectivity index (χ0n) is 21.7. The highest BCUT2D eigenvalue weighted by atomic mass is 16.1. The topological polar surface area (TPSA) is 78.7 Å². The molecular weight excluding hydrogens is 462 g/mol. The molecule has 8 nitrogen and oxygen atoms in total. The van der Waals surface area contributed by atoms with E-state index in [9.17, 15) is 4.79 Å². The number of nitrogens with zero attached hydrogens (tertiary/aromatic N) is 6. The summed E-state index contributed by atoms with van der Waals surface area (Å²) < 4.78 is 1.67. The first-order chi connectivity index (χ1) is 17.8. The largest absolute Gasteiger partial charge is 0.322 e. The van der Waals surface area contributed by atoms with Gasteiger partial charge in [0, 0.05) is 61.6 Å². The molecule has 0 saturated carbocycles. The molecule has 0 aliphatic carbocycles. The molecule has 4 aromatic rings. The van der Waals surface area contributed by atoms with Crippen molar-refractivity contribution in [3.05, 3.63) is 89.1 Å². The number of aryl methyl sites for hydroxylation is 1. The zero-order chi connectivity index (χ0) is 26.0. The quantitative estimate of drug-likeness (QED) is 0.438. The van der Waals surface area contributed by atoms with Gasteiger partial charge in [-0.05, 0) is 75.2 Å². The maximum Gasteiger partial charge on any atom is 0.257 e. The molecule has 1 N–H and O–H groups in total. The van der Waals surface area contributed by atoms with Gasteiger partial charge in [0.15, 0.2) is 5.65 Å². The predicted octanol–water partition coefficient (Wildman–Crippen LogP) is 3.57. The Morgan fingerprint density at radius 3 is 2.62 bits per heavy atom. The van der Waals surface area contributed by atoms with E-state index < -0.39 is 0 Å². The van der Waals surface area contributed by atoms with Crippen LogP contribution in [0.15, 0.2) is 61.2 Å². The average molecular weight is 494 g/mol. The number of imidazole rings is 1. The number of pyridine rings is 1. The second kappa shape index (κ2) is 10.1. The smallest absolute Gasteiger partial charge is 0.257 e. The van der Waals surface area contributed by atoms with Gasteiger partial charge in [-0.2, -0.15) is 5.10 Å². The van der Waals surface area contributed by atoms with Crippen molar-refractivity contribution in [3.63, 3.8) is 0 Å². The SMILES string of the molecule is Cc1cc(NC(=O)c2cncc(C#Cc3cnc4cccnn34)c2)ccc1C(C)(C)N1CCN(C)CC1. The molecule has 1 saturated heterocycles. The zero-order valence-corrected chi connectivity index (χ0v) is 21.7. The first kappa shape index (κ1) is 24.6. The Morgan fingerprint density at radius 1 is 1.03 bits per heavy atom. The number of amides is 1. The fourth-order valence-electron chi connectivity index (χ4n) is 4.85. The van der Waals surface area contributed by atoms with Crippen molar-refractivity contribution >= 4 is 17.2 Å². The van der Waals surface area contributed by atoms with Crippen molar-refractivity contribution in [2.75, 3.05) is 38.5 Å². The molecule has 1 amide bonds. The number of nitrogens with one attached hydrogen (secondary N) is 1. The van der Waals surface area contributed by atoms with Crippen molar-refractivity contribution in [1.29, 1.82) is 0 Å². The Labute approximate surface area is 217 Å². The summed E-state index contributed by atoms with van der Waals surface area (Å²) in [5, 5.41) is 7.28. The maximum atomic E-state index is 13.0. The highest BCUT2D eigenvalue weighted by molar-refractivity contribution is 6.04. The third-order valence-electron chi connectivity index (χ3n) is 7.05. The third kappa shape index (κ3) is 5.24. The van der Waals surface area contributed by atoms with Crippen LogP contribution in [0.2, 0.25) is 0 Å². The number of carbonyl (C=O) groups is 1. The number of aromatic nitrogens is 4. The first-order valence-corrected chi connectivity index (χ1v) is 12.4. The minimum absolute atomic E-state index is 0.0822. The summed E-state index contributed by atoms with van der Waals surface area (Å²) in [6.45, 7) is 10.9. The van der Waals surface area contributed by atoms with Gasteiger partial charge in [0.25, 0.3) is 5.91 Å². The van der Waals surface area contributed by atoms with Gasteiger partial charge in [-0.15, -0.1) is 0 Å². The summed E-state index contributed by atoms with van der Waals surface area (Å²) in [5.74, 6) is 5.91. The molecule has 4 heterocycles. The lowest BCUT2D eigenvalue weighted by Crippen LogP contribution is -2.52. The lowest BCUT2D eigenvalue weighted by molar-refractivity contribution is 0.0603. The van der Waals surface area contributed by atoms with Crippen LogP contribution >= 0.6 is 0 Å². The highest BCUT2D eigenvalue weighted by Crippen LogP contribution is 2.32. The fourth-order valence-corrected chi connectivity index (χ4v) is 4.85. The highest BCUT2D eigenvalue weighted by Gasteiger charge is 2.31. The predicted molar refractivity (Wildman–Crippen MR) is 144 cm³/mol. The Hall–Kier alpha value is -4.06.